The van der Waals surface area contributed by atoms with Gasteiger partial charge in [0.15, 0.2) is 6.39 Å². The molecule has 1 aromatic heterocycles. The first kappa shape index (κ1) is 24.7. The summed E-state index contributed by atoms with van der Waals surface area (Å²) < 4.78 is 17.1. The summed E-state index contributed by atoms with van der Waals surface area (Å²) in [4.78, 5) is 33.4. The van der Waals surface area contributed by atoms with Crippen LogP contribution in [0.5, 0.6) is 5.75 Å². The Morgan fingerprint density at radius 3 is 2.76 bits per heavy atom. The second kappa shape index (κ2) is 11.3. The molecule has 0 bridgehead atoms. The molecule has 2 aromatic rings. The summed E-state index contributed by atoms with van der Waals surface area (Å²) in [6, 6.07) is 5.21. The zero-order valence-corrected chi connectivity index (χ0v) is 20.0. The van der Waals surface area contributed by atoms with Crippen molar-refractivity contribution in [2.24, 2.45) is 5.92 Å². The number of aromatic nitrogens is 1. The Kier molecular flexibility index (Phi) is 8.46. The number of nitrogens with one attached hydrogen (secondary N) is 1. The van der Waals surface area contributed by atoms with Crippen LogP contribution in [0.4, 0.5) is 5.69 Å². The largest absolute Gasteiger partial charge is 0.491 e. The Labute approximate surface area is 195 Å². The lowest BCUT2D eigenvalue weighted by atomic mass is 10.0. The minimum Gasteiger partial charge on any atom is -0.491 e. The molecule has 0 saturated heterocycles. The molecule has 2 amide bonds. The summed E-state index contributed by atoms with van der Waals surface area (Å²) in [5, 5.41) is 2.82. The molecule has 9 nitrogen and oxygen atoms in total. The van der Waals surface area contributed by atoms with Gasteiger partial charge in [0, 0.05) is 51.9 Å². The molecule has 0 spiro atoms. The quantitative estimate of drug-likeness (QED) is 0.736. The van der Waals surface area contributed by atoms with Crippen molar-refractivity contribution in [2.75, 3.05) is 39.2 Å². The van der Waals surface area contributed by atoms with Gasteiger partial charge in [0.05, 0.1) is 17.4 Å². The number of methoxy groups -OCH3 is 1. The van der Waals surface area contributed by atoms with Crippen molar-refractivity contribution in [3.63, 3.8) is 0 Å². The molecule has 1 aliphatic heterocycles. The number of benzene rings is 1. The van der Waals surface area contributed by atoms with Gasteiger partial charge in [0.1, 0.15) is 18.6 Å². The summed E-state index contributed by atoms with van der Waals surface area (Å²) in [6.07, 6.45) is 3.28. The van der Waals surface area contributed by atoms with Gasteiger partial charge in [-0.15, -0.1) is 0 Å². The first-order chi connectivity index (χ1) is 15.8. The summed E-state index contributed by atoms with van der Waals surface area (Å²) in [5.74, 6) is 0.334. The van der Waals surface area contributed by atoms with Crippen LogP contribution in [0.25, 0.3) is 0 Å². The third-order valence-electron chi connectivity index (χ3n) is 6.03. The fraction of sp³-hybridized carbons (Fsp3) is 0.542. The van der Waals surface area contributed by atoms with E-state index in [0.717, 1.165) is 12.2 Å². The van der Waals surface area contributed by atoms with Crippen molar-refractivity contribution in [1.29, 1.82) is 0 Å². The molecule has 0 unspecified atom stereocenters. The fourth-order valence-corrected chi connectivity index (χ4v) is 3.92. The van der Waals surface area contributed by atoms with Crippen molar-refractivity contribution < 1.29 is 23.5 Å². The highest BCUT2D eigenvalue weighted by atomic mass is 16.5. The minimum absolute atomic E-state index is 0.0428. The zero-order valence-electron chi connectivity index (χ0n) is 20.0. The number of carbonyl (C=O) groups excluding carboxylic acids is 2. The summed E-state index contributed by atoms with van der Waals surface area (Å²) in [7, 11) is 3.43. The number of anilines is 1. The monoisotopic (exact) mass is 458 g/mol. The third kappa shape index (κ3) is 6.33. The highest BCUT2D eigenvalue weighted by Gasteiger charge is 2.28. The molecule has 1 aromatic carbocycles. The van der Waals surface area contributed by atoms with E-state index < -0.39 is 0 Å². The van der Waals surface area contributed by atoms with Gasteiger partial charge in [0.2, 0.25) is 5.91 Å². The predicted octanol–water partition coefficient (Wildman–Crippen LogP) is 3.03. The van der Waals surface area contributed by atoms with Crippen molar-refractivity contribution in [1.82, 2.24) is 14.8 Å². The maximum atomic E-state index is 13.3. The van der Waals surface area contributed by atoms with Crippen LogP contribution in [0, 0.1) is 5.92 Å². The maximum Gasteiger partial charge on any atom is 0.257 e. The smallest absolute Gasteiger partial charge is 0.257 e. The second-order valence-corrected chi connectivity index (χ2v) is 8.62. The Bertz CT molecular complexity index is 933. The number of nitrogens with zero attached hydrogens (tertiary/aromatic N) is 3. The van der Waals surface area contributed by atoms with Crippen LogP contribution in [0.3, 0.4) is 0 Å². The second-order valence-electron chi connectivity index (χ2n) is 8.62. The van der Waals surface area contributed by atoms with Gasteiger partial charge < -0.3 is 24.1 Å². The lowest BCUT2D eigenvalue weighted by molar-refractivity contribution is -0.115. The number of oxazole rings is 1. The Hall–Kier alpha value is -2.91. The SMILES string of the molecule is CCC(=O)Nc1ccc2c(c1)C(=O)N(C)C[C@@H](OC)[C@H](C)CN(Cc1cocn1)[C@H](C)CO2. The minimum atomic E-state index is -0.181. The first-order valence-corrected chi connectivity index (χ1v) is 11.3. The van der Waals surface area contributed by atoms with Gasteiger partial charge in [-0.2, -0.15) is 0 Å². The third-order valence-corrected chi connectivity index (χ3v) is 6.03. The molecule has 2 heterocycles. The normalized spacial score (nSPS) is 22.6. The van der Waals surface area contributed by atoms with Gasteiger partial charge in [-0.1, -0.05) is 13.8 Å². The predicted molar refractivity (Wildman–Crippen MR) is 124 cm³/mol. The van der Waals surface area contributed by atoms with E-state index in [1.165, 1.54) is 6.39 Å². The number of carbonyl (C=O) groups is 2. The number of amides is 2. The van der Waals surface area contributed by atoms with Gasteiger partial charge in [0.25, 0.3) is 5.91 Å². The van der Waals surface area contributed by atoms with Gasteiger partial charge in [-0.05, 0) is 31.0 Å². The molecule has 0 aliphatic carbocycles. The van der Waals surface area contributed by atoms with E-state index in [0.29, 0.717) is 43.1 Å². The fourth-order valence-electron chi connectivity index (χ4n) is 3.92. The molecular formula is C24H34N4O5. The number of likely N-dealkylation sites (N-methyl/N-ethyl adjacent to an activating group) is 1. The number of rotatable bonds is 5. The average molecular weight is 459 g/mol. The number of ether oxygens (including phenoxy) is 2. The van der Waals surface area contributed by atoms with E-state index in [2.05, 4.69) is 29.0 Å². The number of hydrogen-bond acceptors (Lipinski definition) is 7. The van der Waals surface area contributed by atoms with Crippen molar-refractivity contribution in [2.45, 2.75) is 45.9 Å². The average Bonchev–Trinajstić information content (AvgIpc) is 3.32. The van der Waals surface area contributed by atoms with Crippen LogP contribution in [-0.2, 0) is 16.1 Å². The molecule has 1 aliphatic rings. The highest BCUT2D eigenvalue weighted by Crippen LogP contribution is 2.27. The standard InChI is InChI=1S/C24H34N4O5/c1-6-23(29)26-18-7-8-21-20(9-18)24(30)27(4)12-22(31-5)16(2)10-28(17(3)13-33-21)11-19-14-32-15-25-19/h7-9,14-17,22H,6,10-13H2,1-5H3,(H,26,29)/t16-,17-,22-/m1/s1. The van der Waals surface area contributed by atoms with Crippen LogP contribution >= 0.6 is 0 Å². The molecule has 0 radical (unpaired) electrons. The van der Waals surface area contributed by atoms with Crippen LogP contribution in [-0.4, -0.2) is 72.6 Å². The first-order valence-electron chi connectivity index (χ1n) is 11.3. The lowest BCUT2D eigenvalue weighted by Crippen LogP contribution is -2.46. The summed E-state index contributed by atoms with van der Waals surface area (Å²) in [5.41, 5.74) is 1.82. The molecule has 3 atom stereocenters. The highest BCUT2D eigenvalue weighted by molar-refractivity contribution is 5.99. The lowest BCUT2D eigenvalue weighted by Gasteiger charge is -2.35. The van der Waals surface area contributed by atoms with E-state index >= 15 is 0 Å². The maximum absolute atomic E-state index is 13.3. The Morgan fingerprint density at radius 2 is 2.09 bits per heavy atom. The van der Waals surface area contributed by atoms with Crippen LogP contribution in [0.1, 0.15) is 43.2 Å². The molecule has 1 N–H and O–H groups in total. The van der Waals surface area contributed by atoms with E-state index in [-0.39, 0.29) is 29.9 Å². The summed E-state index contributed by atoms with van der Waals surface area (Å²) >= 11 is 0. The van der Waals surface area contributed by atoms with Crippen LogP contribution in [0.2, 0.25) is 0 Å². The van der Waals surface area contributed by atoms with E-state index in [4.69, 9.17) is 13.9 Å². The summed E-state index contributed by atoms with van der Waals surface area (Å²) in [6.45, 7) is 8.15. The molecule has 180 valence electrons. The van der Waals surface area contributed by atoms with Gasteiger partial charge >= 0.3 is 0 Å². The number of fused-ring (bicyclic) bond motifs is 1. The van der Waals surface area contributed by atoms with Crippen molar-refractivity contribution in [3.8, 4) is 5.75 Å². The van der Waals surface area contributed by atoms with Crippen LogP contribution < -0.4 is 10.1 Å². The molecule has 33 heavy (non-hydrogen) atoms. The zero-order chi connectivity index (χ0) is 24.0. The Morgan fingerprint density at radius 1 is 1.30 bits per heavy atom. The van der Waals surface area contributed by atoms with Crippen LogP contribution in [0.15, 0.2) is 35.3 Å². The van der Waals surface area contributed by atoms with Gasteiger partial charge in [-0.3, -0.25) is 14.5 Å². The van der Waals surface area contributed by atoms with E-state index in [1.807, 2.05) is 0 Å². The van der Waals surface area contributed by atoms with E-state index in [9.17, 15) is 9.59 Å². The molecular weight excluding hydrogens is 424 g/mol. The molecule has 0 saturated carbocycles. The van der Waals surface area contributed by atoms with Crippen molar-refractivity contribution in [3.05, 3.63) is 42.1 Å². The molecule has 9 heteroatoms. The van der Waals surface area contributed by atoms with E-state index in [1.54, 1.807) is 50.4 Å². The molecule has 0 fully saturated rings. The number of hydrogen-bond donors (Lipinski definition) is 1. The molecule has 3 rings (SSSR count). The van der Waals surface area contributed by atoms with Gasteiger partial charge in [-0.25, -0.2) is 4.98 Å². The topological polar surface area (TPSA) is 97.1 Å². The van der Waals surface area contributed by atoms with Crippen molar-refractivity contribution >= 4 is 17.5 Å². The Balaban J connectivity index is 1.93.